The minimum Gasteiger partial charge on any atom is -0.465 e. The minimum absolute atomic E-state index is 0.0581. The SMILES string of the molecule is COC(=O)c1ccc([N+](=O)[O-])c(NCCC2CCCCO2)c1. The van der Waals surface area contributed by atoms with Crippen LogP contribution in [-0.4, -0.2) is 37.3 Å². The zero-order chi connectivity index (χ0) is 15.9. The van der Waals surface area contributed by atoms with E-state index in [1.165, 1.54) is 25.3 Å². The van der Waals surface area contributed by atoms with Gasteiger partial charge in [0.15, 0.2) is 0 Å². The van der Waals surface area contributed by atoms with Gasteiger partial charge in [-0.15, -0.1) is 0 Å². The van der Waals surface area contributed by atoms with Gasteiger partial charge in [0.05, 0.1) is 23.7 Å². The Morgan fingerprint density at radius 3 is 2.95 bits per heavy atom. The number of nitrogens with one attached hydrogen (secondary N) is 1. The molecule has 1 N–H and O–H groups in total. The van der Waals surface area contributed by atoms with Crippen LogP contribution in [0.1, 0.15) is 36.0 Å². The number of nitro groups is 1. The van der Waals surface area contributed by atoms with Crippen molar-refractivity contribution in [2.24, 2.45) is 0 Å². The van der Waals surface area contributed by atoms with Gasteiger partial charge in [-0.05, 0) is 37.8 Å². The molecule has 0 aromatic heterocycles. The van der Waals surface area contributed by atoms with E-state index in [2.05, 4.69) is 10.1 Å². The number of carbonyl (C=O) groups excluding carboxylic acids is 1. The molecule has 1 aromatic rings. The van der Waals surface area contributed by atoms with E-state index >= 15 is 0 Å². The van der Waals surface area contributed by atoms with Crippen molar-refractivity contribution in [2.75, 3.05) is 25.6 Å². The van der Waals surface area contributed by atoms with E-state index in [0.29, 0.717) is 12.2 Å². The number of hydrogen-bond acceptors (Lipinski definition) is 6. The molecule has 0 amide bonds. The second-order valence-corrected chi connectivity index (χ2v) is 5.18. The van der Waals surface area contributed by atoms with Gasteiger partial charge in [0, 0.05) is 19.2 Å². The van der Waals surface area contributed by atoms with E-state index in [-0.39, 0.29) is 17.4 Å². The van der Waals surface area contributed by atoms with Crippen LogP contribution in [0.3, 0.4) is 0 Å². The van der Waals surface area contributed by atoms with E-state index in [0.717, 1.165) is 32.3 Å². The Bertz CT molecular complexity index is 541. The van der Waals surface area contributed by atoms with Crippen molar-refractivity contribution in [1.29, 1.82) is 0 Å². The van der Waals surface area contributed by atoms with Crippen molar-refractivity contribution in [3.05, 3.63) is 33.9 Å². The van der Waals surface area contributed by atoms with E-state index < -0.39 is 10.9 Å². The second-order valence-electron chi connectivity index (χ2n) is 5.18. The fraction of sp³-hybridized carbons (Fsp3) is 0.533. The van der Waals surface area contributed by atoms with Gasteiger partial charge in [0.1, 0.15) is 5.69 Å². The highest BCUT2D eigenvalue weighted by Gasteiger charge is 2.18. The summed E-state index contributed by atoms with van der Waals surface area (Å²) in [6.07, 6.45) is 4.24. The third-order valence-electron chi connectivity index (χ3n) is 3.67. The lowest BCUT2D eigenvalue weighted by Crippen LogP contribution is -2.22. The molecular weight excluding hydrogens is 288 g/mol. The van der Waals surface area contributed by atoms with Crippen LogP contribution in [0.25, 0.3) is 0 Å². The molecule has 0 radical (unpaired) electrons. The number of esters is 1. The lowest BCUT2D eigenvalue weighted by Gasteiger charge is -2.22. The van der Waals surface area contributed by atoms with E-state index in [1.54, 1.807) is 0 Å². The van der Waals surface area contributed by atoms with Crippen LogP contribution in [-0.2, 0) is 9.47 Å². The number of benzene rings is 1. The summed E-state index contributed by atoms with van der Waals surface area (Å²) >= 11 is 0. The molecule has 1 unspecified atom stereocenters. The Hall–Kier alpha value is -2.15. The zero-order valence-corrected chi connectivity index (χ0v) is 12.5. The van der Waals surface area contributed by atoms with E-state index in [4.69, 9.17) is 4.74 Å². The summed E-state index contributed by atoms with van der Waals surface area (Å²) in [4.78, 5) is 22.1. The van der Waals surface area contributed by atoms with Crippen molar-refractivity contribution < 1.29 is 19.2 Å². The van der Waals surface area contributed by atoms with Gasteiger partial charge < -0.3 is 14.8 Å². The summed E-state index contributed by atoms with van der Waals surface area (Å²) < 4.78 is 10.3. The molecule has 1 saturated heterocycles. The first kappa shape index (κ1) is 16.2. The molecule has 1 aliphatic rings. The minimum atomic E-state index is -0.520. The average molecular weight is 308 g/mol. The summed E-state index contributed by atoms with van der Waals surface area (Å²) in [7, 11) is 1.28. The fourth-order valence-corrected chi connectivity index (χ4v) is 2.48. The van der Waals surface area contributed by atoms with Crippen LogP contribution in [0.4, 0.5) is 11.4 Å². The molecule has 0 aliphatic carbocycles. The van der Waals surface area contributed by atoms with Crippen LogP contribution in [0, 0.1) is 10.1 Å². The first-order chi connectivity index (χ1) is 10.6. The quantitative estimate of drug-likeness (QED) is 0.493. The summed E-state index contributed by atoms with van der Waals surface area (Å²) in [5.41, 5.74) is 0.547. The third-order valence-corrected chi connectivity index (χ3v) is 3.67. The van der Waals surface area contributed by atoms with Crippen LogP contribution >= 0.6 is 0 Å². The topological polar surface area (TPSA) is 90.7 Å². The maximum atomic E-state index is 11.5. The van der Waals surface area contributed by atoms with Crippen LogP contribution in [0.2, 0.25) is 0 Å². The summed E-state index contributed by atoms with van der Waals surface area (Å²) in [5.74, 6) is -0.520. The summed E-state index contributed by atoms with van der Waals surface area (Å²) in [6.45, 7) is 1.33. The molecule has 1 aliphatic heterocycles. The number of nitrogens with zero attached hydrogens (tertiary/aromatic N) is 1. The standard InChI is InChI=1S/C15H20N2O5/c1-21-15(18)11-5-6-14(17(19)20)13(10-11)16-8-7-12-4-2-3-9-22-12/h5-6,10,12,16H,2-4,7-9H2,1H3. The number of rotatable bonds is 6. The maximum Gasteiger partial charge on any atom is 0.337 e. The van der Waals surface area contributed by atoms with E-state index in [1.807, 2.05) is 0 Å². The summed E-state index contributed by atoms with van der Waals surface area (Å²) in [5, 5.41) is 14.1. The molecule has 0 bridgehead atoms. The number of carbonyl (C=O) groups is 1. The number of nitro benzene ring substituents is 1. The molecule has 0 spiro atoms. The Labute approximate surface area is 128 Å². The highest BCUT2D eigenvalue weighted by Crippen LogP contribution is 2.26. The smallest absolute Gasteiger partial charge is 0.337 e. The van der Waals surface area contributed by atoms with Crippen molar-refractivity contribution >= 4 is 17.3 Å². The van der Waals surface area contributed by atoms with Gasteiger partial charge in [0.2, 0.25) is 0 Å². The maximum absolute atomic E-state index is 11.5. The van der Waals surface area contributed by atoms with Crippen molar-refractivity contribution in [3.8, 4) is 0 Å². The van der Waals surface area contributed by atoms with Gasteiger partial charge in [0.25, 0.3) is 5.69 Å². The Morgan fingerprint density at radius 1 is 1.50 bits per heavy atom. The molecular formula is C15H20N2O5. The van der Waals surface area contributed by atoms with Gasteiger partial charge in [-0.2, -0.15) is 0 Å². The summed E-state index contributed by atoms with van der Waals surface area (Å²) in [6, 6.07) is 4.15. The average Bonchev–Trinajstić information content (AvgIpc) is 2.54. The van der Waals surface area contributed by atoms with Gasteiger partial charge >= 0.3 is 5.97 Å². The Morgan fingerprint density at radius 2 is 2.32 bits per heavy atom. The van der Waals surface area contributed by atoms with Crippen molar-refractivity contribution in [1.82, 2.24) is 0 Å². The molecule has 2 rings (SSSR count). The lowest BCUT2D eigenvalue weighted by atomic mass is 10.1. The number of methoxy groups -OCH3 is 1. The molecule has 22 heavy (non-hydrogen) atoms. The van der Waals surface area contributed by atoms with Gasteiger partial charge in [-0.25, -0.2) is 4.79 Å². The Kier molecular flexibility index (Phi) is 5.71. The van der Waals surface area contributed by atoms with Crippen molar-refractivity contribution in [3.63, 3.8) is 0 Å². The molecule has 7 heteroatoms. The number of ether oxygens (including phenoxy) is 2. The fourth-order valence-electron chi connectivity index (χ4n) is 2.48. The van der Waals surface area contributed by atoms with E-state index in [9.17, 15) is 14.9 Å². The molecule has 1 heterocycles. The highest BCUT2D eigenvalue weighted by atomic mass is 16.6. The van der Waals surface area contributed by atoms with Gasteiger partial charge in [-0.1, -0.05) is 0 Å². The van der Waals surface area contributed by atoms with Crippen molar-refractivity contribution in [2.45, 2.75) is 31.8 Å². The Balaban J connectivity index is 2.02. The third kappa shape index (κ3) is 4.17. The monoisotopic (exact) mass is 308 g/mol. The predicted molar refractivity (Wildman–Crippen MR) is 81.1 cm³/mol. The van der Waals surface area contributed by atoms with Crippen LogP contribution in [0.5, 0.6) is 0 Å². The molecule has 1 atom stereocenters. The molecule has 120 valence electrons. The van der Waals surface area contributed by atoms with Crippen LogP contribution in [0.15, 0.2) is 18.2 Å². The molecule has 0 saturated carbocycles. The number of hydrogen-bond donors (Lipinski definition) is 1. The van der Waals surface area contributed by atoms with Crippen LogP contribution < -0.4 is 5.32 Å². The normalized spacial score (nSPS) is 17.8. The van der Waals surface area contributed by atoms with Gasteiger partial charge in [-0.3, -0.25) is 10.1 Å². The first-order valence-electron chi connectivity index (χ1n) is 7.34. The highest BCUT2D eigenvalue weighted by molar-refractivity contribution is 5.91. The lowest BCUT2D eigenvalue weighted by molar-refractivity contribution is -0.384. The molecule has 7 nitrogen and oxygen atoms in total. The second kappa shape index (κ2) is 7.74. The molecule has 1 fully saturated rings. The number of anilines is 1. The predicted octanol–water partition coefficient (Wildman–Crippen LogP) is 2.75. The molecule has 1 aromatic carbocycles. The zero-order valence-electron chi connectivity index (χ0n) is 12.5. The first-order valence-corrected chi connectivity index (χ1v) is 7.34. The largest absolute Gasteiger partial charge is 0.465 e.